The van der Waals surface area contributed by atoms with E-state index in [0.29, 0.717) is 12.1 Å². The van der Waals surface area contributed by atoms with Gasteiger partial charge in [-0.3, -0.25) is 4.39 Å². The van der Waals surface area contributed by atoms with Gasteiger partial charge in [-0.25, -0.2) is 0 Å². The lowest BCUT2D eigenvalue weighted by molar-refractivity contribution is 0.0997. The van der Waals surface area contributed by atoms with Crippen molar-refractivity contribution in [3.8, 4) is 0 Å². The molecule has 0 saturated heterocycles. The quantitative estimate of drug-likeness (QED) is 0.769. The Balaban J connectivity index is 1.99. The molecule has 1 atom stereocenters. The van der Waals surface area contributed by atoms with Gasteiger partial charge in [0.1, 0.15) is 0 Å². The standard InChI is InChI=1S/C17H20BFO3/c1-13-9-16(18(20)21)7-8-17(13)15(10-19)12-22-11-14-5-3-2-4-6-14/h2-9,15,20-21H,10-12H2,1H3/t15-/m0/s1. The largest absolute Gasteiger partial charge is 0.488 e. The van der Waals surface area contributed by atoms with E-state index in [9.17, 15) is 4.39 Å². The van der Waals surface area contributed by atoms with Crippen molar-refractivity contribution in [3.63, 3.8) is 0 Å². The molecule has 2 aromatic rings. The number of benzene rings is 2. The van der Waals surface area contributed by atoms with E-state index in [1.807, 2.05) is 37.3 Å². The number of hydrogen-bond donors (Lipinski definition) is 2. The molecule has 0 radical (unpaired) electrons. The summed E-state index contributed by atoms with van der Waals surface area (Å²) in [7, 11) is -1.51. The van der Waals surface area contributed by atoms with Crippen LogP contribution in [0.4, 0.5) is 4.39 Å². The van der Waals surface area contributed by atoms with Crippen molar-refractivity contribution >= 4 is 12.6 Å². The molecule has 0 heterocycles. The lowest BCUT2D eigenvalue weighted by Crippen LogP contribution is -2.30. The number of ether oxygens (including phenoxy) is 1. The summed E-state index contributed by atoms with van der Waals surface area (Å²) in [6.07, 6.45) is 0. The Morgan fingerprint density at radius 2 is 1.86 bits per heavy atom. The van der Waals surface area contributed by atoms with Gasteiger partial charge in [-0.05, 0) is 29.1 Å². The maximum absolute atomic E-state index is 13.3. The topological polar surface area (TPSA) is 49.7 Å². The van der Waals surface area contributed by atoms with Crippen LogP contribution in [0.25, 0.3) is 0 Å². The van der Waals surface area contributed by atoms with Crippen LogP contribution in [0.1, 0.15) is 22.6 Å². The first-order valence-corrected chi connectivity index (χ1v) is 7.26. The lowest BCUT2D eigenvalue weighted by atomic mass is 9.78. The smallest absolute Gasteiger partial charge is 0.423 e. The van der Waals surface area contributed by atoms with Gasteiger partial charge < -0.3 is 14.8 Å². The van der Waals surface area contributed by atoms with E-state index in [1.165, 1.54) is 0 Å². The minimum Gasteiger partial charge on any atom is -0.423 e. The Hall–Kier alpha value is -1.69. The van der Waals surface area contributed by atoms with Gasteiger partial charge in [0.2, 0.25) is 0 Å². The van der Waals surface area contributed by atoms with Gasteiger partial charge in [-0.15, -0.1) is 0 Å². The van der Waals surface area contributed by atoms with Crippen LogP contribution in [0.5, 0.6) is 0 Å². The van der Waals surface area contributed by atoms with Crippen LogP contribution < -0.4 is 5.46 Å². The molecular weight excluding hydrogens is 282 g/mol. The summed E-state index contributed by atoms with van der Waals surface area (Å²) in [6.45, 7) is 2.05. The number of alkyl halides is 1. The molecule has 2 N–H and O–H groups in total. The Kier molecular flexibility index (Phi) is 6.13. The second-order valence-corrected chi connectivity index (χ2v) is 5.34. The Morgan fingerprint density at radius 3 is 2.45 bits per heavy atom. The molecular formula is C17H20BFO3. The van der Waals surface area contributed by atoms with E-state index >= 15 is 0 Å². The Labute approximate surface area is 130 Å². The number of rotatable bonds is 7. The van der Waals surface area contributed by atoms with E-state index in [4.69, 9.17) is 14.8 Å². The van der Waals surface area contributed by atoms with E-state index in [1.54, 1.807) is 18.2 Å². The van der Waals surface area contributed by atoms with Gasteiger partial charge in [0, 0.05) is 5.92 Å². The van der Waals surface area contributed by atoms with Crippen LogP contribution in [0.3, 0.4) is 0 Å². The van der Waals surface area contributed by atoms with E-state index in [2.05, 4.69) is 0 Å². The summed E-state index contributed by atoms with van der Waals surface area (Å²) in [5, 5.41) is 18.3. The van der Waals surface area contributed by atoms with E-state index in [0.717, 1.165) is 16.7 Å². The average Bonchev–Trinajstić information content (AvgIpc) is 2.53. The molecule has 0 bridgehead atoms. The molecule has 22 heavy (non-hydrogen) atoms. The zero-order valence-corrected chi connectivity index (χ0v) is 12.6. The molecule has 0 saturated carbocycles. The lowest BCUT2D eigenvalue weighted by Gasteiger charge is -2.17. The first-order chi connectivity index (χ1) is 10.6. The van der Waals surface area contributed by atoms with Crippen molar-refractivity contribution in [1.82, 2.24) is 0 Å². The molecule has 0 aromatic heterocycles. The summed E-state index contributed by atoms with van der Waals surface area (Å²) >= 11 is 0. The monoisotopic (exact) mass is 302 g/mol. The average molecular weight is 302 g/mol. The SMILES string of the molecule is Cc1cc(B(O)O)ccc1[C@@H](CF)COCc1ccccc1. The second-order valence-electron chi connectivity index (χ2n) is 5.34. The highest BCUT2D eigenvalue weighted by molar-refractivity contribution is 6.58. The minimum absolute atomic E-state index is 0.285. The normalized spacial score (nSPS) is 12.2. The molecule has 2 rings (SSSR count). The fourth-order valence-electron chi connectivity index (χ4n) is 2.43. The van der Waals surface area contributed by atoms with Gasteiger partial charge in [-0.2, -0.15) is 0 Å². The highest BCUT2D eigenvalue weighted by Gasteiger charge is 2.17. The van der Waals surface area contributed by atoms with Crippen LogP contribution in [-0.2, 0) is 11.3 Å². The zero-order chi connectivity index (χ0) is 15.9. The molecule has 2 aromatic carbocycles. The van der Waals surface area contributed by atoms with Crippen molar-refractivity contribution in [2.24, 2.45) is 0 Å². The van der Waals surface area contributed by atoms with Crippen molar-refractivity contribution in [2.75, 3.05) is 13.3 Å². The highest BCUT2D eigenvalue weighted by Crippen LogP contribution is 2.21. The number of hydrogen-bond acceptors (Lipinski definition) is 3. The predicted octanol–water partition coefficient (Wildman–Crippen LogP) is 1.94. The maximum atomic E-state index is 13.3. The van der Waals surface area contributed by atoms with Crippen LogP contribution in [0.15, 0.2) is 48.5 Å². The maximum Gasteiger partial charge on any atom is 0.488 e. The van der Waals surface area contributed by atoms with Gasteiger partial charge in [-0.1, -0.05) is 48.5 Å². The molecule has 5 heteroatoms. The van der Waals surface area contributed by atoms with Gasteiger partial charge in [0.15, 0.2) is 0 Å². The number of aryl methyl sites for hydroxylation is 1. The molecule has 0 fully saturated rings. The molecule has 116 valence electrons. The number of halogens is 1. The van der Waals surface area contributed by atoms with Crippen LogP contribution in [-0.4, -0.2) is 30.4 Å². The third kappa shape index (κ3) is 4.40. The van der Waals surface area contributed by atoms with Crippen LogP contribution in [0.2, 0.25) is 0 Å². The first-order valence-electron chi connectivity index (χ1n) is 7.26. The molecule has 0 aliphatic heterocycles. The fraction of sp³-hybridized carbons (Fsp3) is 0.294. The van der Waals surface area contributed by atoms with E-state index in [-0.39, 0.29) is 12.5 Å². The van der Waals surface area contributed by atoms with Gasteiger partial charge in [0.05, 0.1) is 19.9 Å². The van der Waals surface area contributed by atoms with Crippen LogP contribution >= 0.6 is 0 Å². The first kappa shape index (κ1) is 16.7. The van der Waals surface area contributed by atoms with Crippen molar-refractivity contribution < 1.29 is 19.2 Å². The van der Waals surface area contributed by atoms with Gasteiger partial charge >= 0.3 is 7.12 Å². The molecule has 0 aliphatic carbocycles. The third-order valence-corrected chi connectivity index (χ3v) is 3.65. The minimum atomic E-state index is -1.51. The van der Waals surface area contributed by atoms with E-state index < -0.39 is 13.8 Å². The summed E-state index contributed by atoms with van der Waals surface area (Å²) in [5.74, 6) is -0.353. The predicted molar refractivity (Wildman–Crippen MR) is 85.8 cm³/mol. The summed E-state index contributed by atoms with van der Waals surface area (Å²) in [5.41, 5.74) is 3.12. The van der Waals surface area contributed by atoms with Gasteiger partial charge in [0.25, 0.3) is 0 Å². The second kappa shape index (κ2) is 8.08. The fourth-order valence-corrected chi connectivity index (χ4v) is 2.43. The molecule has 0 unspecified atom stereocenters. The Morgan fingerprint density at radius 1 is 1.14 bits per heavy atom. The summed E-state index contributed by atoms with van der Waals surface area (Å²) in [4.78, 5) is 0. The van der Waals surface area contributed by atoms with Crippen molar-refractivity contribution in [1.29, 1.82) is 0 Å². The molecule has 0 aliphatic rings. The molecule has 3 nitrogen and oxygen atoms in total. The summed E-state index contributed by atoms with van der Waals surface area (Å²) < 4.78 is 19.0. The zero-order valence-electron chi connectivity index (χ0n) is 12.6. The van der Waals surface area contributed by atoms with Crippen molar-refractivity contribution in [3.05, 3.63) is 65.2 Å². The molecule has 0 amide bonds. The van der Waals surface area contributed by atoms with Crippen molar-refractivity contribution in [2.45, 2.75) is 19.4 Å². The highest BCUT2D eigenvalue weighted by atomic mass is 19.1. The molecule has 0 spiro atoms. The third-order valence-electron chi connectivity index (χ3n) is 3.65. The Bertz CT molecular complexity index is 590. The van der Waals surface area contributed by atoms with Crippen LogP contribution in [0, 0.1) is 6.92 Å². The summed E-state index contributed by atoms with van der Waals surface area (Å²) in [6, 6.07) is 14.8.